The molecular weight excluding hydrogens is 252 g/mol. The molecule has 1 rings (SSSR count). The van der Waals surface area contributed by atoms with Crippen LogP contribution in [0.25, 0.3) is 0 Å². The Kier molecular flexibility index (Phi) is 7.52. The van der Waals surface area contributed by atoms with Crippen LogP contribution in [0.5, 0.6) is 0 Å². The Balaban J connectivity index is 2.41. The van der Waals surface area contributed by atoms with E-state index < -0.39 is 0 Å². The fraction of sp³-hybridized carbons (Fsp3) is 0.938. The second-order valence-electron chi connectivity index (χ2n) is 6.55. The molecule has 1 amide bonds. The molecule has 20 heavy (non-hydrogen) atoms. The number of hydrogen-bond acceptors (Lipinski definition) is 3. The van der Waals surface area contributed by atoms with Crippen LogP contribution >= 0.6 is 0 Å². The van der Waals surface area contributed by atoms with Gasteiger partial charge in [0.15, 0.2) is 0 Å². The zero-order valence-corrected chi connectivity index (χ0v) is 13.8. The standard InChI is InChI=1S/C16H32N2O2/c1-6-8-14-17-15(13(4)5)16(19)18(14)9-7-10-20-11-12(2)3/h12-15,17H,6-11H2,1-5H3. The van der Waals surface area contributed by atoms with E-state index in [-0.39, 0.29) is 18.1 Å². The van der Waals surface area contributed by atoms with Gasteiger partial charge < -0.3 is 9.64 Å². The first-order valence-electron chi connectivity index (χ1n) is 8.11. The molecule has 4 heteroatoms. The van der Waals surface area contributed by atoms with Crippen LogP contribution < -0.4 is 5.32 Å². The summed E-state index contributed by atoms with van der Waals surface area (Å²) in [6.45, 7) is 13.0. The normalized spacial score (nSPS) is 23.4. The van der Waals surface area contributed by atoms with Crippen LogP contribution in [-0.2, 0) is 9.53 Å². The Morgan fingerprint density at radius 2 is 2.00 bits per heavy atom. The molecule has 118 valence electrons. The summed E-state index contributed by atoms with van der Waals surface area (Å²) >= 11 is 0. The van der Waals surface area contributed by atoms with Gasteiger partial charge in [-0.05, 0) is 24.7 Å². The Morgan fingerprint density at radius 3 is 2.55 bits per heavy atom. The molecule has 1 heterocycles. The zero-order valence-electron chi connectivity index (χ0n) is 13.8. The second kappa shape index (κ2) is 8.63. The molecule has 0 spiro atoms. The summed E-state index contributed by atoms with van der Waals surface area (Å²) in [6.07, 6.45) is 3.26. The molecule has 0 aromatic rings. The monoisotopic (exact) mass is 284 g/mol. The maximum absolute atomic E-state index is 12.4. The number of carbonyl (C=O) groups is 1. The smallest absolute Gasteiger partial charge is 0.241 e. The number of hydrogen-bond donors (Lipinski definition) is 1. The van der Waals surface area contributed by atoms with Crippen molar-refractivity contribution in [2.75, 3.05) is 19.8 Å². The van der Waals surface area contributed by atoms with Crippen LogP contribution in [0, 0.1) is 11.8 Å². The average Bonchev–Trinajstić information content (AvgIpc) is 2.67. The predicted octanol–water partition coefficient (Wildman–Crippen LogP) is 2.63. The van der Waals surface area contributed by atoms with Crippen molar-refractivity contribution in [2.45, 2.75) is 66.1 Å². The van der Waals surface area contributed by atoms with Gasteiger partial charge in [-0.3, -0.25) is 10.1 Å². The Morgan fingerprint density at radius 1 is 1.30 bits per heavy atom. The minimum Gasteiger partial charge on any atom is -0.381 e. The van der Waals surface area contributed by atoms with Crippen molar-refractivity contribution in [3.8, 4) is 0 Å². The largest absolute Gasteiger partial charge is 0.381 e. The minimum atomic E-state index is -0.0110. The summed E-state index contributed by atoms with van der Waals surface area (Å²) in [7, 11) is 0. The highest BCUT2D eigenvalue weighted by Crippen LogP contribution is 2.20. The first-order valence-corrected chi connectivity index (χ1v) is 8.11. The molecule has 4 nitrogen and oxygen atoms in total. The Hall–Kier alpha value is -0.610. The lowest BCUT2D eigenvalue weighted by atomic mass is 10.1. The lowest BCUT2D eigenvalue weighted by Crippen LogP contribution is -2.38. The molecule has 0 aromatic heterocycles. The molecule has 0 saturated carbocycles. The van der Waals surface area contributed by atoms with Gasteiger partial charge in [0, 0.05) is 19.8 Å². The van der Waals surface area contributed by atoms with E-state index in [0.717, 1.165) is 39.0 Å². The Bertz CT molecular complexity index is 292. The fourth-order valence-electron chi connectivity index (χ4n) is 2.61. The summed E-state index contributed by atoms with van der Waals surface area (Å²) in [5.41, 5.74) is 0. The maximum Gasteiger partial charge on any atom is 0.241 e. The number of carbonyl (C=O) groups excluding carboxylic acids is 1. The van der Waals surface area contributed by atoms with Gasteiger partial charge in [-0.15, -0.1) is 0 Å². The van der Waals surface area contributed by atoms with E-state index >= 15 is 0 Å². The molecule has 1 saturated heterocycles. The molecule has 1 aliphatic heterocycles. The Labute approximate surface area is 124 Å². The summed E-state index contributed by atoms with van der Waals surface area (Å²) < 4.78 is 5.60. The van der Waals surface area contributed by atoms with Gasteiger partial charge in [0.1, 0.15) is 0 Å². The lowest BCUT2D eigenvalue weighted by Gasteiger charge is -2.23. The van der Waals surface area contributed by atoms with Crippen LogP contribution in [0.3, 0.4) is 0 Å². The molecule has 1 N–H and O–H groups in total. The predicted molar refractivity (Wildman–Crippen MR) is 82.4 cm³/mol. The third kappa shape index (κ3) is 5.06. The van der Waals surface area contributed by atoms with Crippen LogP contribution in [0.2, 0.25) is 0 Å². The molecule has 2 unspecified atom stereocenters. The highest BCUT2D eigenvalue weighted by Gasteiger charge is 2.39. The second-order valence-corrected chi connectivity index (χ2v) is 6.55. The van der Waals surface area contributed by atoms with Crippen molar-refractivity contribution in [1.82, 2.24) is 10.2 Å². The quantitative estimate of drug-likeness (QED) is 0.662. The van der Waals surface area contributed by atoms with Crippen molar-refractivity contribution in [3.63, 3.8) is 0 Å². The molecule has 1 aliphatic rings. The zero-order chi connectivity index (χ0) is 15.1. The van der Waals surface area contributed by atoms with Crippen molar-refractivity contribution in [3.05, 3.63) is 0 Å². The highest BCUT2D eigenvalue weighted by atomic mass is 16.5. The van der Waals surface area contributed by atoms with E-state index in [1.165, 1.54) is 0 Å². The average molecular weight is 284 g/mol. The highest BCUT2D eigenvalue weighted by molar-refractivity contribution is 5.84. The van der Waals surface area contributed by atoms with E-state index in [4.69, 9.17) is 4.74 Å². The fourth-order valence-corrected chi connectivity index (χ4v) is 2.61. The molecule has 0 bridgehead atoms. The number of amides is 1. The molecule has 0 radical (unpaired) electrons. The molecule has 0 aliphatic carbocycles. The van der Waals surface area contributed by atoms with Crippen molar-refractivity contribution < 1.29 is 9.53 Å². The van der Waals surface area contributed by atoms with Gasteiger partial charge in [0.2, 0.25) is 5.91 Å². The minimum absolute atomic E-state index is 0.0110. The van der Waals surface area contributed by atoms with Gasteiger partial charge in [-0.2, -0.15) is 0 Å². The summed E-state index contributed by atoms with van der Waals surface area (Å²) in [4.78, 5) is 14.4. The third-order valence-electron chi connectivity index (χ3n) is 3.66. The van der Waals surface area contributed by atoms with E-state index in [0.29, 0.717) is 11.8 Å². The SMILES string of the molecule is CCCC1NC(C(C)C)C(=O)N1CCCOCC(C)C. The molecule has 0 aromatic carbocycles. The first-order chi connectivity index (χ1) is 9.47. The van der Waals surface area contributed by atoms with Crippen LogP contribution in [0.1, 0.15) is 53.9 Å². The van der Waals surface area contributed by atoms with Crippen molar-refractivity contribution >= 4 is 5.91 Å². The summed E-state index contributed by atoms with van der Waals surface area (Å²) in [5, 5.41) is 3.49. The van der Waals surface area contributed by atoms with Gasteiger partial charge in [-0.25, -0.2) is 0 Å². The van der Waals surface area contributed by atoms with E-state index in [1.807, 2.05) is 4.90 Å². The van der Waals surface area contributed by atoms with E-state index in [9.17, 15) is 4.79 Å². The molecule has 1 fully saturated rings. The summed E-state index contributed by atoms with van der Waals surface area (Å²) in [5.74, 6) is 1.19. The van der Waals surface area contributed by atoms with Crippen LogP contribution in [0.4, 0.5) is 0 Å². The van der Waals surface area contributed by atoms with Gasteiger partial charge >= 0.3 is 0 Å². The number of ether oxygens (including phenoxy) is 1. The number of nitrogens with one attached hydrogen (secondary N) is 1. The van der Waals surface area contributed by atoms with Gasteiger partial charge in [0.05, 0.1) is 12.2 Å². The van der Waals surface area contributed by atoms with Gasteiger partial charge in [-0.1, -0.05) is 41.0 Å². The van der Waals surface area contributed by atoms with Crippen molar-refractivity contribution in [1.29, 1.82) is 0 Å². The summed E-state index contributed by atoms with van der Waals surface area (Å²) in [6, 6.07) is -0.0110. The van der Waals surface area contributed by atoms with E-state index in [1.54, 1.807) is 0 Å². The van der Waals surface area contributed by atoms with Crippen molar-refractivity contribution in [2.24, 2.45) is 11.8 Å². The van der Waals surface area contributed by atoms with Crippen LogP contribution in [0.15, 0.2) is 0 Å². The van der Waals surface area contributed by atoms with E-state index in [2.05, 4.69) is 39.9 Å². The van der Waals surface area contributed by atoms with Gasteiger partial charge in [0.25, 0.3) is 0 Å². The molecular formula is C16H32N2O2. The third-order valence-corrected chi connectivity index (χ3v) is 3.66. The lowest BCUT2D eigenvalue weighted by molar-refractivity contribution is -0.131. The maximum atomic E-state index is 12.4. The molecule has 2 atom stereocenters. The first kappa shape index (κ1) is 17.4. The number of nitrogens with zero attached hydrogens (tertiary/aromatic N) is 1. The van der Waals surface area contributed by atoms with Crippen LogP contribution in [-0.4, -0.2) is 42.8 Å². The topological polar surface area (TPSA) is 41.6 Å². The number of rotatable bonds is 9.